The average molecular weight is 535 g/mol. The number of benzene rings is 3. The Bertz CT molecular complexity index is 1670. The number of fused-ring (bicyclic) bond motifs is 2. The Morgan fingerprint density at radius 3 is 2.46 bits per heavy atom. The number of aryl methyl sites for hydroxylation is 1. The van der Waals surface area contributed by atoms with Gasteiger partial charge in [0.1, 0.15) is 5.69 Å². The highest BCUT2D eigenvalue weighted by atomic mass is 35.5. The number of hydrogen-bond acceptors (Lipinski definition) is 3. The van der Waals surface area contributed by atoms with Crippen LogP contribution in [0.2, 0.25) is 5.02 Å². The van der Waals surface area contributed by atoms with E-state index in [1.807, 2.05) is 36.4 Å². The first-order chi connectivity index (χ1) is 19.0. The number of rotatable bonds is 6. The van der Waals surface area contributed by atoms with Crippen molar-refractivity contribution in [3.05, 3.63) is 129 Å². The van der Waals surface area contributed by atoms with Gasteiger partial charge in [0.05, 0.1) is 5.52 Å². The van der Waals surface area contributed by atoms with Gasteiger partial charge in [-0.3, -0.25) is 4.79 Å². The van der Waals surface area contributed by atoms with Crippen LogP contribution in [0.3, 0.4) is 0 Å². The third-order valence-electron chi connectivity index (χ3n) is 7.78. The maximum Gasteiger partial charge on any atom is 0.270 e. The standard InChI is InChI=1S/C33H31ClN4O/c1-22-23(2)38(20-24-9-4-3-5-10-24)31-29(22)18-30(33(39)35-19-25-11-8-14-28(34)17-25)36-32(31)37-16-15-26-12-6-7-13-27(26)21-37/h3-14,17-18H,15-16,19-21H2,1-2H3,(H,35,39). The molecule has 0 atom stereocenters. The third kappa shape index (κ3) is 5.02. The van der Waals surface area contributed by atoms with E-state index < -0.39 is 0 Å². The third-order valence-corrected chi connectivity index (χ3v) is 8.02. The van der Waals surface area contributed by atoms with Crippen molar-refractivity contribution >= 4 is 34.2 Å². The molecule has 2 aromatic heterocycles. The van der Waals surface area contributed by atoms with E-state index >= 15 is 0 Å². The molecule has 1 aliphatic rings. The number of amides is 1. The van der Waals surface area contributed by atoms with E-state index in [1.165, 1.54) is 27.9 Å². The quantitative estimate of drug-likeness (QED) is 0.259. The van der Waals surface area contributed by atoms with Crippen LogP contribution in [0.1, 0.15) is 44.0 Å². The van der Waals surface area contributed by atoms with Crippen LogP contribution >= 0.6 is 11.6 Å². The normalized spacial score (nSPS) is 12.9. The molecule has 6 rings (SSSR count). The SMILES string of the molecule is Cc1c(C)n(Cc2ccccc2)c2c(N3CCc4ccccc4C3)nc(C(=O)NCc3cccc(Cl)c3)cc12. The van der Waals surface area contributed by atoms with Crippen LogP contribution in [0.4, 0.5) is 5.82 Å². The molecule has 0 aliphatic carbocycles. The van der Waals surface area contributed by atoms with Crippen molar-refractivity contribution in [1.82, 2.24) is 14.9 Å². The molecule has 0 fully saturated rings. The number of anilines is 1. The van der Waals surface area contributed by atoms with Gasteiger partial charge >= 0.3 is 0 Å². The van der Waals surface area contributed by atoms with E-state index in [4.69, 9.17) is 16.6 Å². The number of halogens is 1. The smallest absolute Gasteiger partial charge is 0.270 e. The highest BCUT2D eigenvalue weighted by Gasteiger charge is 2.25. The second-order valence-electron chi connectivity index (χ2n) is 10.3. The molecule has 3 heterocycles. The van der Waals surface area contributed by atoms with Gasteiger partial charge in [0.25, 0.3) is 5.91 Å². The number of nitrogens with one attached hydrogen (secondary N) is 1. The highest BCUT2D eigenvalue weighted by Crippen LogP contribution is 2.35. The summed E-state index contributed by atoms with van der Waals surface area (Å²) in [5.74, 6) is 0.672. The van der Waals surface area contributed by atoms with Crippen molar-refractivity contribution in [3.63, 3.8) is 0 Å². The summed E-state index contributed by atoms with van der Waals surface area (Å²) in [6.45, 7) is 7.05. The molecule has 5 aromatic rings. The van der Waals surface area contributed by atoms with E-state index in [0.717, 1.165) is 48.3 Å². The zero-order chi connectivity index (χ0) is 26.9. The fourth-order valence-corrected chi connectivity index (χ4v) is 5.75. The summed E-state index contributed by atoms with van der Waals surface area (Å²) < 4.78 is 2.36. The molecule has 0 radical (unpaired) electrons. The molecule has 5 nitrogen and oxygen atoms in total. The molecule has 0 saturated carbocycles. The molecule has 39 heavy (non-hydrogen) atoms. The maximum atomic E-state index is 13.4. The first-order valence-corrected chi connectivity index (χ1v) is 13.7. The largest absolute Gasteiger partial charge is 0.350 e. The second kappa shape index (κ2) is 10.6. The summed E-state index contributed by atoms with van der Waals surface area (Å²) in [4.78, 5) is 20.8. The van der Waals surface area contributed by atoms with Crippen LogP contribution < -0.4 is 10.2 Å². The van der Waals surface area contributed by atoms with Gasteiger partial charge in [0, 0.05) is 42.3 Å². The fraction of sp³-hybridized carbons (Fsp3) is 0.212. The number of aromatic nitrogens is 2. The van der Waals surface area contributed by atoms with Gasteiger partial charge in [-0.05, 0) is 66.3 Å². The highest BCUT2D eigenvalue weighted by molar-refractivity contribution is 6.30. The predicted molar refractivity (Wildman–Crippen MR) is 159 cm³/mol. The maximum absolute atomic E-state index is 13.4. The average Bonchev–Trinajstić information content (AvgIpc) is 3.20. The lowest BCUT2D eigenvalue weighted by atomic mass is 10.00. The molecule has 0 unspecified atom stereocenters. The molecular formula is C33H31ClN4O. The molecule has 6 heteroatoms. The molecule has 1 N–H and O–H groups in total. The minimum atomic E-state index is -0.191. The van der Waals surface area contributed by atoms with E-state index in [9.17, 15) is 4.79 Å². The topological polar surface area (TPSA) is 50.2 Å². The lowest BCUT2D eigenvalue weighted by Gasteiger charge is -2.31. The first kappa shape index (κ1) is 25.2. The van der Waals surface area contributed by atoms with E-state index in [2.05, 4.69) is 77.2 Å². The molecule has 0 bridgehead atoms. The van der Waals surface area contributed by atoms with E-state index in [1.54, 1.807) is 0 Å². The monoisotopic (exact) mass is 534 g/mol. The summed E-state index contributed by atoms with van der Waals surface area (Å²) in [7, 11) is 0. The van der Waals surface area contributed by atoms with Gasteiger partial charge in [0.15, 0.2) is 5.82 Å². The molecule has 1 amide bonds. The lowest BCUT2D eigenvalue weighted by molar-refractivity contribution is 0.0946. The predicted octanol–water partition coefficient (Wildman–Crippen LogP) is 6.85. The second-order valence-corrected chi connectivity index (χ2v) is 10.7. The minimum Gasteiger partial charge on any atom is -0.350 e. The van der Waals surface area contributed by atoms with Crippen LogP contribution in [0.5, 0.6) is 0 Å². The molecule has 1 aliphatic heterocycles. The summed E-state index contributed by atoms with van der Waals surface area (Å²) in [5, 5.41) is 4.77. The first-order valence-electron chi connectivity index (χ1n) is 13.4. The van der Waals surface area contributed by atoms with Gasteiger partial charge in [-0.1, -0.05) is 78.3 Å². The molecule has 196 valence electrons. The molecular weight excluding hydrogens is 504 g/mol. The van der Waals surface area contributed by atoms with Crippen molar-refractivity contribution in [2.24, 2.45) is 0 Å². The Hall–Kier alpha value is -4.09. The molecule has 0 spiro atoms. The van der Waals surface area contributed by atoms with Crippen molar-refractivity contribution in [1.29, 1.82) is 0 Å². The Labute approximate surface area is 234 Å². The van der Waals surface area contributed by atoms with Crippen molar-refractivity contribution < 1.29 is 4.79 Å². The summed E-state index contributed by atoms with van der Waals surface area (Å²) in [5.41, 5.74) is 8.74. The van der Waals surface area contributed by atoms with Crippen LogP contribution in [-0.4, -0.2) is 22.0 Å². The van der Waals surface area contributed by atoms with Crippen LogP contribution in [0.25, 0.3) is 10.9 Å². The van der Waals surface area contributed by atoms with Crippen molar-refractivity contribution in [2.75, 3.05) is 11.4 Å². The van der Waals surface area contributed by atoms with Gasteiger partial charge in [-0.15, -0.1) is 0 Å². The van der Waals surface area contributed by atoms with Crippen molar-refractivity contribution in [3.8, 4) is 0 Å². The molecule has 0 saturated heterocycles. The van der Waals surface area contributed by atoms with Crippen molar-refractivity contribution in [2.45, 2.75) is 39.9 Å². The summed E-state index contributed by atoms with van der Waals surface area (Å²) >= 11 is 6.14. The van der Waals surface area contributed by atoms with Gasteiger partial charge < -0.3 is 14.8 Å². The van der Waals surface area contributed by atoms with E-state index in [-0.39, 0.29) is 5.91 Å². The Balaban J connectivity index is 1.43. The number of carbonyl (C=O) groups is 1. The number of hydrogen-bond donors (Lipinski definition) is 1. The van der Waals surface area contributed by atoms with E-state index in [0.29, 0.717) is 17.3 Å². The van der Waals surface area contributed by atoms with Gasteiger partial charge in [0.2, 0.25) is 0 Å². The molecule has 3 aromatic carbocycles. The number of carbonyl (C=O) groups excluding carboxylic acids is 1. The Morgan fingerprint density at radius 2 is 1.67 bits per heavy atom. The zero-order valence-electron chi connectivity index (χ0n) is 22.2. The van der Waals surface area contributed by atoms with Crippen LogP contribution in [-0.2, 0) is 26.1 Å². The Kier molecular flexibility index (Phi) is 6.84. The van der Waals surface area contributed by atoms with Crippen LogP contribution in [0.15, 0.2) is 84.9 Å². The van der Waals surface area contributed by atoms with Crippen LogP contribution in [0, 0.1) is 13.8 Å². The zero-order valence-corrected chi connectivity index (χ0v) is 23.0. The fourth-order valence-electron chi connectivity index (χ4n) is 5.54. The van der Waals surface area contributed by atoms with Gasteiger partial charge in [-0.25, -0.2) is 4.98 Å². The Morgan fingerprint density at radius 1 is 0.923 bits per heavy atom. The summed E-state index contributed by atoms with van der Waals surface area (Å²) in [6, 6.07) is 28.6. The summed E-state index contributed by atoms with van der Waals surface area (Å²) in [6.07, 6.45) is 0.946. The lowest BCUT2D eigenvalue weighted by Crippen LogP contribution is -2.32. The number of nitrogens with zero attached hydrogens (tertiary/aromatic N) is 3. The van der Waals surface area contributed by atoms with Gasteiger partial charge in [-0.2, -0.15) is 0 Å². The number of pyridine rings is 1. The minimum absolute atomic E-state index is 0.191.